The number of ether oxygens (including phenoxy) is 1. The molecule has 0 bridgehead atoms. The number of nitro benzene ring substituents is 1. The van der Waals surface area contributed by atoms with E-state index in [2.05, 4.69) is 4.98 Å². The number of nitro groups is 1. The highest BCUT2D eigenvalue weighted by Crippen LogP contribution is 2.39. The lowest BCUT2D eigenvalue weighted by Crippen LogP contribution is -2.22. The third-order valence-corrected chi connectivity index (χ3v) is 4.17. The van der Waals surface area contributed by atoms with Crippen molar-refractivity contribution in [3.05, 3.63) is 57.9 Å². The van der Waals surface area contributed by atoms with E-state index in [1.165, 1.54) is 12.1 Å². The number of carbonyl (C=O) groups excluding carboxylic acids is 1. The van der Waals surface area contributed by atoms with Gasteiger partial charge in [-0.2, -0.15) is 8.42 Å². The summed E-state index contributed by atoms with van der Waals surface area (Å²) < 4.78 is 22.5. The van der Waals surface area contributed by atoms with Crippen LogP contribution in [0.3, 0.4) is 0 Å². The van der Waals surface area contributed by atoms with E-state index in [1.54, 1.807) is 30.3 Å². The van der Waals surface area contributed by atoms with Crippen LogP contribution in [0.5, 0.6) is 11.5 Å². The average molecular weight is 391 g/mol. The van der Waals surface area contributed by atoms with Gasteiger partial charge in [0.2, 0.25) is 5.91 Å². The lowest BCUT2D eigenvalue weighted by molar-refractivity contribution is -0.385. The van der Waals surface area contributed by atoms with Crippen molar-refractivity contribution in [3.8, 4) is 11.5 Å². The SMILES string of the molecule is Cc1ccc(Oc2ccc([N+](=O)[O-])cc2C2CCC(=O)N2C)cn1.O=S=O. The number of pyridine rings is 1. The maximum Gasteiger partial charge on any atom is 0.335 e. The van der Waals surface area contributed by atoms with Gasteiger partial charge in [-0.3, -0.25) is 19.9 Å². The first-order valence-electron chi connectivity index (χ1n) is 7.93. The number of rotatable bonds is 4. The van der Waals surface area contributed by atoms with Crippen LogP contribution < -0.4 is 4.74 Å². The predicted octanol–water partition coefficient (Wildman–Crippen LogP) is 2.71. The fraction of sp³-hybridized carbons (Fsp3) is 0.294. The molecule has 10 heteroatoms. The highest BCUT2D eigenvalue weighted by molar-refractivity contribution is 7.51. The Morgan fingerprint density at radius 3 is 2.52 bits per heavy atom. The van der Waals surface area contributed by atoms with Crippen molar-refractivity contribution in [2.75, 3.05) is 7.05 Å². The summed E-state index contributed by atoms with van der Waals surface area (Å²) in [6, 6.07) is 7.84. The monoisotopic (exact) mass is 391 g/mol. The van der Waals surface area contributed by atoms with Crippen molar-refractivity contribution in [2.24, 2.45) is 0 Å². The van der Waals surface area contributed by atoms with Crippen LogP contribution >= 0.6 is 0 Å². The third kappa shape index (κ3) is 4.94. The van der Waals surface area contributed by atoms with Gasteiger partial charge in [0, 0.05) is 36.9 Å². The van der Waals surface area contributed by atoms with Gasteiger partial charge in [0.1, 0.15) is 11.5 Å². The van der Waals surface area contributed by atoms with Crippen LogP contribution in [0.4, 0.5) is 5.69 Å². The molecule has 1 atom stereocenters. The molecule has 1 aromatic heterocycles. The molecule has 0 N–H and O–H groups in total. The Labute approximate surface area is 158 Å². The third-order valence-electron chi connectivity index (χ3n) is 4.17. The molecule has 1 aliphatic heterocycles. The molecule has 1 aliphatic rings. The molecule has 1 amide bonds. The number of aromatic nitrogens is 1. The fourth-order valence-electron chi connectivity index (χ4n) is 2.81. The molecule has 2 heterocycles. The number of benzene rings is 1. The van der Waals surface area contributed by atoms with Crippen LogP contribution in [0, 0.1) is 17.0 Å². The van der Waals surface area contributed by atoms with Crippen molar-refractivity contribution < 1.29 is 22.9 Å². The predicted molar refractivity (Wildman–Crippen MR) is 95.8 cm³/mol. The van der Waals surface area contributed by atoms with Gasteiger partial charge in [-0.1, -0.05) is 0 Å². The van der Waals surface area contributed by atoms with Gasteiger partial charge in [0.25, 0.3) is 5.69 Å². The van der Waals surface area contributed by atoms with Crippen molar-refractivity contribution in [3.63, 3.8) is 0 Å². The summed E-state index contributed by atoms with van der Waals surface area (Å²) in [6.45, 7) is 1.88. The molecule has 0 saturated carbocycles. The Kier molecular flexibility index (Phi) is 6.72. The summed E-state index contributed by atoms with van der Waals surface area (Å²) in [5.74, 6) is 1.06. The van der Waals surface area contributed by atoms with Crippen LogP contribution in [0.2, 0.25) is 0 Å². The van der Waals surface area contributed by atoms with Gasteiger partial charge in [0.05, 0.1) is 17.2 Å². The Morgan fingerprint density at radius 2 is 2.00 bits per heavy atom. The smallest absolute Gasteiger partial charge is 0.335 e. The number of amides is 1. The molecular weight excluding hydrogens is 374 g/mol. The molecule has 9 nitrogen and oxygen atoms in total. The minimum absolute atomic E-state index is 0.0212. The van der Waals surface area contributed by atoms with Crippen molar-refractivity contribution >= 4 is 23.2 Å². The summed E-state index contributed by atoms with van der Waals surface area (Å²) in [7, 11) is 1.70. The summed E-state index contributed by atoms with van der Waals surface area (Å²) in [5.41, 5.74) is 1.48. The van der Waals surface area contributed by atoms with Gasteiger partial charge in [-0.15, -0.1) is 0 Å². The van der Waals surface area contributed by atoms with E-state index in [9.17, 15) is 14.9 Å². The molecule has 1 aromatic carbocycles. The molecule has 3 rings (SSSR count). The molecule has 1 saturated heterocycles. The van der Waals surface area contributed by atoms with Crippen LogP contribution in [-0.2, 0) is 16.4 Å². The van der Waals surface area contributed by atoms with Gasteiger partial charge in [-0.25, -0.2) is 0 Å². The first-order valence-corrected chi connectivity index (χ1v) is 8.60. The maximum atomic E-state index is 11.8. The van der Waals surface area contributed by atoms with E-state index in [4.69, 9.17) is 13.2 Å². The molecule has 0 aliphatic carbocycles. The highest BCUT2D eigenvalue weighted by Gasteiger charge is 2.32. The highest BCUT2D eigenvalue weighted by atomic mass is 32.1. The largest absolute Gasteiger partial charge is 0.455 e. The summed E-state index contributed by atoms with van der Waals surface area (Å²) >= 11 is -0.750. The Morgan fingerprint density at radius 1 is 1.30 bits per heavy atom. The second-order valence-corrected chi connectivity index (χ2v) is 5.98. The number of likely N-dealkylation sites (tertiary alicyclic amines) is 1. The number of aryl methyl sites for hydroxylation is 1. The van der Waals surface area contributed by atoms with Crippen LogP contribution in [0.15, 0.2) is 36.5 Å². The molecule has 1 unspecified atom stereocenters. The molecule has 2 aromatic rings. The molecule has 0 radical (unpaired) electrons. The summed E-state index contributed by atoms with van der Waals surface area (Å²) in [6.07, 6.45) is 2.64. The first-order chi connectivity index (χ1) is 12.9. The van der Waals surface area contributed by atoms with E-state index < -0.39 is 16.5 Å². The van der Waals surface area contributed by atoms with E-state index in [-0.39, 0.29) is 17.6 Å². The molecule has 142 valence electrons. The lowest BCUT2D eigenvalue weighted by Gasteiger charge is -2.22. The van der Waals surface area contributed by atoms with Crippen LogP contribution in [0.25, 0.3) is 0 Å². The number of hydrogen-bond donors (Lipinski definition) is 0. The fourth-order valence-corrected chi connectivity index (χ4v) is 2.81. The molecule has 0 spiro atoms. The van der Waals surface area contributed by atoms with Gasteiger partial charge in [-0.05, 0) is 31.5 Å². The van der Waals surface area contributed by atoms with Crippen molar-refractivity contribution in [1.82, 2.24) is 9.88 Å². The molecular formula is C17H17N3O6S. The van der Waals surface area contributed by atoms with E-state index in [1.807, 2.05) is 13.0 Å². The number of carbonyl (C=O) groups is 1. The Hall–Kier alpha value is -3.14. The maximum absolute atomic E-state index is 11.8. The summed E-state index contributed by atoms with van der Waals surface area (Å²) in [5, 5.41) is 11.1. The zero-order chi connectivity index (χ0) is 20.0. The quantitative estimate of drug-likeness (QED) is 0.580. The van der Waals surface area contributed by atoms with Crippen LogP contribution in [0.1, 0.15) is 30.1 Å². The zero-order valence-corrected chi connectivity index (χ0v) is 15.5. The lowest BCUT2D eigenvalue weighted by atomic mass is 10.0. The van der Waals surface area contributed by atoms with E-state index in [0.29, 0.717) is 29.9 Å². The van der Waals surface area contributed by atoms with Crippen LogP contribution in [-0.4, -0.2) is 36.2 Å². The minimum Gasteiger partial charge on any atom is -0.455 e. The summed E-state index contributed by atoms with van der Waals surface area (Å²) in [4.78, 5) is 28.3. The topological polar surface area (TPSA) is 120 Å². The van der Waals surface area contributed by atoms with Crippen molar-refractivity contribution in [2.45, 2.75) is 25.8 Å². The molecule has 27 heavy (non-hydrogen) atoms. The number of hydrogen-bond acceptors (Lipinski definition) is 7. The van der Waals surface area contributed by atoms with E-state index >= 15 is 0 Å². The normalized spacial score (nSPS) is 15.7. The number of non-ortho nitro benzene ring substituents is 1. The zero-order valence-electron chi connectivity index (χ0n) is 14.7. The minimum atomic E-state index is -0.750. The first kappa shape index (κ1) is 20.2. The van der Waals surface area contributed by atoms with Gasteiger partial charge >= 0.3 is 11.6 Å². The number of nitrogens with zero attached hydrogens (tertiary/aromatic N) is 3. The van der Waals surface area contributed by atoms with Crippen molar-refractivity contribution in [1.29, 1.82) is 0 Å². The Balaban J connectivity index is 0.000000817. The second kappa shape index (κ2) is 8.99. The standard InChI is InChI=1S/C17H17N3O4.O2S/c1-11-3-5-13(10-18-11)24-16-7-4-12(20(22)23)9-14(16)15-6-8-17(21)19(15)2;1-3-2/h3-5,7,9-10,15H,6,8H2,1-2H3;. The van der Waals surface area contributed by atoms with Gasteiger partial charge < -0.3 is 9.64 Å². The average Bonchev–Trinajstić information content (AvgIpc) is 2.97. The Bertz CT molecular complexity index is 881. The van der Waals surface area contributed by atoms with E-state index in [0.717, 1.165) is 5.69 Å². The molecule has 1 fully saturated rings. The second-order valence-electron chi connectivity index (χ2n) is 5.84. The van der Waals surface area contributed by atoms with Gasteiger partial charge in [0.15, 0.2) is 0 Å².